The van der Waals surface area contributed by atoms with Crippen LogP contribution in [0, 0.1) is 11.6 Å². The third kappa shape index (κ3) is 3.00. The van der Waals surface area contributed by atoms with E-state index >= 15 is 0 Å². The Labute approximate surface area is 122 Å². The van der Waals surface area contributed by atoms with Crippen molar-refractivity contribution < 1.29 is 13.6 Å². The van der Waals surface area contributed by atoms with Crippen molar-refractivity contribution in [3.63, 3.8) is 0 Å². The Kier molecular flexibility index (Phi) is 4.05. The molecule has 4 nitrogen and oxygen atoms in total. The summed E-state index contributed by atoms with van der Waals surface area (Å²) < 4.78 is 26.9. The zero-order valence-electron chi connectivity index (χ0n) is 11.8. The van der Waals surface area contributed by atoms with Crippen molar-refractivity contribution in [3.8, 4) is 0 Å². The van der Waals surface area contributed by atoms with Gasteiger partial charge in [-0.3, -0.25) is 0 Å². The summed E-state index contributed by atoms with van der Waals surface area (Å²) in [5, 5.41) is 6.25. The monoisotopic (exact) mass is 295 g/mol. The molecule has 0 aliphatic carbocycles. The second-order valence-electron chi connectivity index (χ2n) is 5.66. The SMILES string of the molecule is O=C(N[C@@H]1CCCNC1)N1CCc2c(ccc(F)c2F)C1. The molecule has 0 saturated carbocycles. The first kappa shape index (κ1) is 14.3. The Hall–Kier alpha value is -1.69. The van der Waals surface area contributed by atoms with Crippen LogP contribution in [0.15, 0.2) is 12.1 Å². The van der Waals surface area contributed by atoms with Crippen molar-refractivity contribution in [2.24, 2.45) is 0 Å². The number of piperidine rings is 1. The molecule has 1 atom stereocenters. The van der Waals surface area contributed by atoms with Crippen LogP contribution in [0.25, 0.3) is 0 Å². The molecule has 2 heterocycles. The van der Waals surface area contributed by atoms with Gasteiger partial charge in [-0.1, -0.05) is 6.07 Å². The smallest absolute Gasteiger partial charge is 0.317 e. The van der Waals surface area contributed by atoms with E-state index in [1.165, 1.54) is 0 Å². The molecule has 0 unspecified atom stereocenters. The average molecular weight is 295 g/mol. The Morgan fingerprint density at radius 3 is 3.00 bits per heavy atom. The molecule has 1 saturated heterocycles. The molecule has 0 spiro atoms. The van der Waals surface area contributed by atoms with Crippen molar-refractivity contribution in [2.75, 3.05) is 19.6 Å². The first-order chi connectivity index (χ1) is 10.1. The van der Waals surface area contributed by atoms with Crippen LogP contribution in [0.1, 0.15) is 24.0 Å². The Morgan fingerprint density at radius 2 is 2.24 bits per heavy atom. The highest BCUT2D eigenvalue weighted by Crippen LogP contribution is 2.23. The van der Waals surface area contributed by atoms with E-state index in [0.29, 0.717) is 30.6 Å². The molecule has 0 bridgehead atoms. The van der Waals surface area contributed by atoms with Gasteiger partial charge in [-0.15, -0.1) is 0 Å². The first-order valence-electron chi connectivity index (χ1n) is 7.37. The molecule has 0 radical (unpaired) electrons. The summed E-state index contributed by atoms with van der Waals surface area (Å²) in [6.07, 6.45) is 2.39. The zero-order valence-corrected chi connectivity index (χ0v) is 11.8. The van der Waals surface area contributed by atoms with Crippen LogP contribution in [0.3, 0.4) is 0 Å². The van der Waals surface area contributed by atoms with E-state index in [2.05, 4.69) is 10.6 Å². The van der Waals surface area contributed by atoms with Gasteiger partial charge in [0.1, 0.15) is 0 Å². The number of carbonyl (C=O) groups excluding carboxylic acids is 1. The normalized spacial score (nSPS) is 21.8. The molecule has 1 aromatic carbocycles. The third-order valence-corrected chi connectivity index (χ3v) is 4.20. The van der Waals surface area contributed by atoms with Crippen LogP contribution in [-0.2, 0) is 13.0 Å². The minimum absolute atomic E-state index is 0.126. The van der Waals surface area contributed by atoms with E-state index in [1.54, 1.807) is 11.0 Å². The number of fused-ring (bicyclic) bond motifs is 1. The molecular weight excluding hydrogens is 276 g/mol. The zero-order chi connectivity index (χ0) is 14.8. The van der Waals surface area contributed by atoms with E-state index in [-0.39, 0.29) is 12.1 Å². The van der Waals surface area contributed by atoms with Gasteiger partial charge in [0.15, 0.2) is 11.6 Å². The van der Waals surface area contributed by atoms with Crippen LogP contribution < -0.4 is 10.6 Å². The van der Waals surface area contributed by atoms with Gasteiger partial charge in [-0.2, -0.15) is 0 Å². The highest BCUT2D eigenvalue weighted by molar-refractivity contribution is 5.75. The molecule has 2 amide bonds. The van der Waals surface area contributed by atoms with Crippen LogP contribution in [-0.4, -0.2) is 36.6 Å². The minimum Gasteiger partial charge on any atom is -0.334 e. The Balaban J connectivity index is 1.65. The Bertz CT molecular complexity index is 544. The van der Waals surface area contributed by atoms with E-state index in [9.17, 15) is 13.6 Å². The Morgan fingerprint density at radius 1 is 1.38 bits per heavy atom. The van der Waals surface area contributed by atoms with Gasteiger partial charge in [0.2, 0.25) is 0 Å². The van der Waals surface area contributed by atoms with E-state index in [4.69, 9.17) is 0 Å². The lowest BCUT2D eigenvalue weighted by atomic mass is 9.99. The molecule has 3 rings (SSSR count). The molecule has 6 heteroatoms. The van der Waals surface area contributed by atoms with Gasteiger partial charge in [0.05, 0.1) is 0 Å². The van der Waals surface area contributed by atoms with Gasteiger partial charge in [0.25, 0.3) is 0 Å². The summed E-state index contributed by atoms with van der Waals surface area (Å²) >= 11 is 0. The molecule has 2 aliphatic heterocycles. The van der Waals surface area contributed by atoms with E-state index in [0.717, 1.165) is 32.0 Å². The van der Waals surface area contributed by atoms with Crippen molar-refractivity contribution in [1.82, 2.24) is 15.5 Å². The van der Waals surface area contributed by atoms with Crippen molar-refractivity contribution >= 4 is 6.03 Å². The second kappa shape index (κ2) is 5.97. The number of nitrogens with zero attached hydrogens (tertiary/aromatic N) is 1. The molecule has 2 aliphatic rings. The van der Waals surface area contributed by atoms with E-state index < -0.39 is 11.6 Å². The first-order valence-corrected chi connectivity index (χ1v) is 7.37. The topological polar surface area (TPSA) is 44.4 Å². The largest absolute Gasteiger partial charge is 0.334 e. The van der Waals surface area contributed by atoms with Gasteiger partial charge >= 0.3 is 6.03 Å². The number of rotatable bonds is 1. The molecule has 1 fully saturated rings. The lowest BCUT2D eigenvalue weighted by Gasteiger charge is -2.32. The number of urea groups is 1. The molecular formula is C15H19F2N3O. The van der Waals surface area contributed by atoms with Gasteiger partial charge in [0, 0.05) is 25.7 Å². The number of nitrogens with one attached hydrogen (secondary N) is 2. The number of amides is 2. The van der Waals surface area contributed by atoms with Crippen LogP contribution >= 0.6 is 0 Å². The highest BCUT2D eigenvalue weighted by Gasteiger charge is 2.25. The minimum atomic E-state index is -0.820. The maximum absolute atomic E-state index is 13.7. The van der Waals surface area contributed by atoms with Gasteiger partial charge in [-0.05, 0) is 43.0 Å². The summed E-state index contributed by atoms with van der Waals surface area (Å²) in [6, 6.07) is 2.72. The van der Waals surface area contributed by atoms with Crippen LogP contribution in [0.4, 0.5) is 13.6 Å². The molecule has 2 N–H and O–H groups in total. The fourth-order valence-corrected chi connectivity index (χ4v) is 3.00. The highest BCUT2D eigenvalue weighted by atomic mass is 19.2. The second-order valence-corrected chi connectivity index (χ2v) is 5.66. The number of halogens is 2. The molecule has 114 valence electrons. The molecule has 0 aromatic heterocycles. The summed E-state index contributed by atoms with van der Waals surface area (Å²) in [4.78, 5) is 13.9. The maximum atomic E-state index is 13.7. The van der Waals surface area contributed by atoms with Crippen molar-refractivity contribution in [2.45, 2.75) is 31.8 Å². The number of hydrogen-bond acceptors (Lipinski definition) is 2. The summed E-state index contributed by atoms with van der Waals surface area (Å²) in [6.45, 7) is 2.53. The maximum Gasteiger partial charge on any atom is 0.317 e. The van der Waals surface area contributed by atoms with Gasteiger partial charge in [-0.25, -0.2) is 13.6 Å². The fourth-order valence-electron chi connectivity index (χ4n) is 3.00. The molecule has 1 aromatic rings. The van der Waals surface area contributed by atoms with Crippen molar-refractivity contribution in [3.05, 3.63) is 34.9 Å². The average Bonchev–Trinajstić information content (AvgIpc) is 2.51. The lowest BCUT2D eigenvalue weighted by Crippen LogP contribution is -2.51. The van der Waals surface area contributed by atoms with Crippen molar-refractivity contribution in [1.29, 1.82) is 0 Å². The quantitative estimate of drug-likeness (QED) is 0.829. The predicted molar refractivity (Wildman–Crippen MR) is 74.9 cm³/mol. The summed E-state index contributed by atoms with van der Waals surface area (Å²) in [5.41, 5.74) is 1.09. The third-order valence-electron chi connectivity index (χ3n) is 4.20. The predicted octanol–water partition coefficient (Wildman–Crippen LogP) is 1.78. The van der Waals surface area contributed by atoms with Crippen LogP contribution in [0.5, 0.6) is 0 Å². The fraction of sp³-hybridized carbons (Fsp3) is 0.533. The molecule has 21 heavy (non-hydrogen) atoms. The number of benzene rings is 1. The number of carbonyl (C=O) groups is 1. The summed E-state index contributed by atoms with van der Waals surface area (Å²) in [5.74, 6) is -1.59. The van der Waals surface area contributed by atoms with Gasteiger partial charge < -0.3 is 15.5 Å². The number of hydrogen-bond donors (Lipinski definition) is 2. The standard InChI is InChI=1S/C15H19F2N3O/c16-13-4-3-10-9-20(7-5-12(10)14(13)17)15(21)19-11-2-1-6-18-8-11/h3-4,11,18H,1-2,5-9H2,(H,19,21)/t11-/m1/s1. The lowest BCUT2D eigenvalue weighted by molar-refractivity contribution is 0.185. The van der Waals surface area contributed by atoms with E-state index in [1.807, 2.05) is 0 Å². The van der Waals surface area contributed by atoms with Crippen LogP contribution in [0.2, 0.25) is 0 Å². The summed E-state index contributed by atoms with van der Waals surface area (Å²) in [7, 11) is 0.